The predicted octanol–water partition coefficient (Wildman–Crippen LogP) is 6.22. The molecule has 0 radical (unpaired) electrons. The summed E-state index contributed by atoms with van der Waals surface area (Å²) in [6, 6.07) is 20.4. The van der Waals surface area contributed by atoms with Crippen molar-refractivity contribution in [3.63, 3.8) is 0 Å². The van der Waals surface area contributed by atoms with Gasteiger partial charge in [0.05, 0.1) is 5.56 Å². The van der Waals surface area contributed by atoms with E-state index in [1.54, 1.807) is 11.3 Å². The van der Waals surface area contributed by atoms with E-state index in [1.807, 2.05) is 48.7 Å². The first kappa shape index (κ1) is 18.5. The zero-order valence-corrected chi connectivity index (χ0v) is 16.5. The van der Waals surface area contributed by atoms with E-state index < -0.39 is 0 Å². The van der Waals surface area contributed by atoms with Crippen molar-refractivity contribution in [3.8, 4) is 11.8 Å². The Kier molecular flexibility index (Phi) is 5.84. The fourth-order valence-corrected chi connectivity index (χ4v) is 4.64. The molecule has 0 bridgehead atoms. The lowest BCUT2D eigenvalue weighted by Crippen LogP contribution is -1.94. The molecule has 0 fully saturated rings. The van der Waals surface area contributed by atoms with E-state index in [2.05, 4.69) is 23.2 Å². The fraction of sp³-hybridized carbons (Fsp3) is 0.250. The summed E-state index contributed by atoms with van der Waals surface area (Å²) in [6.07, 6.45) is 7.57. The molecule has 0 atom stereocenters. The van der Waals surface area contributed by atoms with Gasteiger partial charge in [-0.15, -0.1) is 11.3 Å². The molecule has 2 aromatic carbocycles. The van der Waals surface area contributed by atoms with Crippen LogP contribution in [0, 0.1) is 11.3 Å². The number of hydrogen-bond acceptors (Lipinski definition) is 4. The molecule has 0 saturated carbocycles. The first-order chi connectivity index (χ1) is 13.8. The number of fused-ring (bicyclic) bond motifs is 1. The molecule has 0 amide bonds. The number of aliphatic imine (C=N–C) groups is 1. The zero-order chi connectivity index (χ0) is 19.2. The number of ether oxygens (including phenoxy) is 1. The Morgan fingerprint density at radius 2 is 1.79 bits per heavy atom. The van der Waals surface area contributed by atoms with Crippen molar-refractivity contribution in [2.24, 2.45) is 4.99 Å². The Labute approximate surface area is 170 Å². The summed E-state index contributed by atoms with van der Waals surface area (Å²) >= 11 is 1.68. The first-order valence-electron chi connectivity index (χ1n) is 9.69. The maximum absolute atomic E-state index is 9.61. The predicted molar refractivity (Wildman–Crippen MR) is 115 cm³/mol. The molecule has 3 aromatic rings. The average Bonchev–Trinajstić information content (AvgIpc) is 2.91. The van der Waals surface area contributed by atoms with Crippen molar-refractivity contribution in [2.75, 3.05) is 0 Å². The second-order valence-electron chi connectivity index (χ2n) is 6.96. The molecule has 3 nitrogen and oxygen atoms in total. The zero-order valence-electron chi connectivity index (χ0n) is 15.7. The summed E-state index contributed by atoms with van der Waals surface area (Å²) in [4.78, 5) is 5.99. The smallest absolute Gasteiger partial charge is 0.134 e. The molecule has 0 unspecified atom stereocenters. The van der Waals surface area contributed by atoms with E-state index in [0.717, 1.165) is 40.3 Å². The van der Waals surface area contributed by atoms with Gasteiger partial charge in [0.2, 0.25) is 0 Å². The minimum absolute atomic E-state index is 0.556. The summed E-state index contributed by atoms with van der Waals surface area (Å²) < 4.78 is 5.83. The summed E-state index contributed by atoms with van der Waals surface area (Å²) in [5, 5.41) is 10.5. The molecule has 0 N–H and O–H groups in total. The van der Waals surface area contributed by atoms with Crippen molar-refractivity contribution in [1.82, 2.24) is 0 Å². The molecule has 1 aliphatic carbocycles. The highest BCUT2D eigenvalue weighted by atomic mass is 32.1. The van der Waals surface area contributed by atoms with E-state index in [-0.39, 0.29) is 0 Å². The molecular weight excluding hydrogens is 364 g/mol. The van der Waals surface area contributed by atoms with Crippen LogP contribution in [0.15, 0.2) is 59.6 Å². The number of benzene rings is 2. The van der Waals surface area contributed by atoms with Crippen molar-refractivity contribution in [1.29, 1.82) is 5.26 Å². The standard InChI is InChI=1S/C24H22N2OS/c25-15-22-21-9-5-2-6-10-23(21)28-24(22)26-16-18-11-13-20(14-12-18)27-17-19-7-3-1-4-8-19/h1,3-4,7-8,11-14,16H,2,5-6,9-10,17H2/b26-16+. The molecule has 1 aromatic heterocycles. The lowest BCUT2D eigenvalue weighted by Gasteiger charge is -2.06. The molecule has 28 heavy (non-hydrogen) atoms. The highest BCUT2D eigenvalue weighted by Crippen LogP contribution is 2.38. The largest absolute Gasteiger partial charge is 0.489 e. The number of nitriles is 1. The van der Waals surface area contributed by atoms with Crippen LogP contribution in [0.3, 0.4) is 0 Å². The minimum atomic E-state index is 0.556. The maximum Gasteiger partial charge on any atom is 0.134 e. The fourth-order valence-electron chi connectivity index (χ4n) is 3.46. The number of nitrogens with zero attached hydrogens (tertiary/aromatic N) is 2. The second kappa shape index (κ2) is 8.86. The summed E-state index contributed by atoms with van der Waals surface area (Å²) in [7, 11) is 0. The van der Waals surface area contributed by atoms with Crippen LogP contribution in [0.5, 0.6) is 5.75 Å². The van der Waals surface area contributed by atoms with Gasteiger partial charge in [-0.25, -0.2) is 4.99 Å². The summed E-state index contributed by atoms with van der Waals surface area (Å²) in [6.45, 7) is 0.556. The average molecular weight is 387 g/mol. The lowest BCUT2D eigenvalue weighted by atomic mass is 10.1. The van der Waals surface area contributed by atoms with Gasteiger partial charge in [-0.2, -0.15) is 5.26 Å². The van der Waals surface area contributed by atoms with Gasteiger partial charge < -0.3 is 4.74 Å². The molecule has 1 aliphatic rings. The van der Waals surface area contributed by atoms with Gasteiger partial charge in [0.15, 0.2) is 0 Å². The molecule has 140 valence electrons. The van der Waals surface area contributed by atoms with Crippen LogP contribution in [0.1, 0.15) is 46.4 Å². The Morgan fingerprint density at radius 3 is 2.57 bits per heavy atom. The number of rotatable bonds is 5. The van der Waals surface area contributed by atoms with Gasteiger partial charge in [-0.1, -0.05) is 36.8 Å². The Balaban J connectivity index is 1.44. The van der Waals surface area contributed by atoms with Gasteiger partial charge >= 0.3 is 0 Å². The summed E-state index contributed by atoms with van der Waals surface area (Å²) in [5.41, 5.74) is 4.16. The van der Waals surface area contributed by atoms with Gasteiger partial charge in [0.1, 0.15) is 23.4 Å². The van der Waals surface area contributed by atoms with Gasteiger partial charge in [-0.3, -0.25) is 0 Å². The molecule has 4 heteroatoms. The SMILES string of the molecule is N#Cc1c(/N=C/c2ccc(OCc3ccccc3)cc2)sc2c1CCCCC2. The van der Waals surface area contributed by atoms with E-state index >= 15 is 0 Å². The van der Waals surface area contributed by atoms with Crippen molar-refractivity contribution in [2.45, 2.75) is 38.7 Å². The highest BCUT2D eigenvalue weighted by molar-refractivity contribution is 7.16. The second-order valence-corrected chi connectivity index (χ2v) is 8.04. The van der Waals surface area contributed by atoms with Crippen LogP contribution in [0.25, 0.3) is 0 Å². The van der Waals surface area contributed by atoms with Crippen LogP contribution in [-0.4, -0.2) is 6.21 Å². The maximum atomic E-state index is 9.61. The Bertz CT molecular complexity index is 998. The molecule has 0 spiro atoms. The normalized spacial score (nSPS) is 13.7. The third-order valence-corrected chi connectivity index (χ3v) is 6.17. The van der Waals surface area contributed by atoms with E-state index in [0.29, 0.717) is 6.61 Å². The molecule has 0 aliphatic heterocycles. The third kappa shape index (κ3) is 4.32. The number of hydrogen-bond donors (Lipinski definition) is 0. The van der Waals surface area contributed by atoms with Crippen LogP contribution in [-0.2, 0) is 19.4 Å². The van der Waals surface area contributed by atoms with E-state index in [9.17, 15) is 5.26 Å². The number of aryl methyl sites for hydroxylation is 1. The summed E-state index contributed by atoms with van der Waals surface area (Å²) in [5.74, 6) is 0.835. The van der Waals surface area contributed by atoms with Gasteiger partial charge in [0, 0.05) is 11.1 Å². The van der Waals surface area contributed by atoms with Crippen LogP contribution >= 0.6 is 11.3 Å². The minimum Gasteiger partial charge on any atom is -0.489 e. The lowest BCUT2D eigenvalue weighted by molar-refractivity contribution is 0.306. The molecule has 0 saturated heterocycles. The monoisotopic (exact) mass is 386 g/mol. The number of thiophene rings is 1. The van der Waals surface area contributed by atoms with Crippen molar-refractivity contribution >= 4 is 22.6 Å². The topological polar surface area (TPSA) is 45.4 Å². The van der Waals surface area contributed by atoms with E-state index in [4.69, 9.17) is 4.74 Å². The van der Waals surface area contributed by atoms with E-state index in [1.165, 1.54) is 29.7 Å². The van der Waals surface area contributed by atoms with Crippen molar-refractivity contribution in [3.05, 3.63) is 81.7 Å². The quantitative estimate of drug-likeness (QED) is 0.386. The Morgan fingerprint density at radius 1 is 1.00 bits per heavy atom. The highest BCUT2D eigenvalue weighted by Gasteiger charge is 2.19. The van der Waals surface area contributed by atoms with Crippen molar-refractivity contribution < 1.29 is 4.74 Å². The van der Waals surface area contributed by atoms with Crippen LogP contribution in [0.4, 0.5) is 5.00 Å². The van der Waals surface area contributed by atoms with Gasteiger partial charge in [-0.05, 0) is 66.6 Å². The third-order valence-electron chi connectivity index (χ3n) is 4.97. The Hall–Kier alpha value is -2.90. The van der Waals surface area contributed by atoms with Gasteiger partial charge in [0.25, 0.3) is 0 Å². The molecule has 1 heterocycles. The van der Waals surface area contributed by atoms with Crippen LogP contribution < -0.4 is 4.74 Å². The van der Waals surface area contributed by atoms with Crippen LogP contribution in [0.2, 0.25) is 0 Å². The first-order valence-corrected chi connectivity index (χ1v) is 10.5. The molecular formula is C24H22N2OS. The molecule has 4 rings (SSSR count).